The van der Waals surface area contributed by atoms with Crippen LogP contribution in [0.5, 0.6) is 0 Å². The van der Waals surface area contributed by atoms with Crippen molar-refractivity contribution >= 4 is 11.8 Å². The molecule has 0 radical (unpaired) electrons. The first-order chi connectivity index (χ1) is 14.1. The third-order valence-electron chi connectivity index (χ3n) is 5.08. The van der Waals surface area contributed by atoms with Gasteiger partial charge in [0.1, 0.15) is 5.69 Å². The van der Waals surface area contributed by atoms with Crippen molar-refractivity contribution in [2.24, 2.45) is 21.1 Å². The lowest BCUT2D eigenvalue weighted by Gasteiger charge is -2.13. The van der Waals surface area contributed by atoms with Crippen LogP contribution in [0.3, 0.4) is 0 Å². The fourth-order valence-corrected chi connectivity index (χ4v) is 3.57. The normalized spacial score (nSPS) is 13.2. The fourth-order valence-electron chi connectivity index (χ4n) is 3.57. The van der Waals surface area contributed by atoms with E-state index in [4.69, 9.17) is 0 Å². The number of hydrogen-bond donors (Lipinski definition) is 2. The summed E-state index contributed by atoms with van der Waals surface area (Å²) in [6.07, 6.45) is 3.75. The molecule has 160 valence electrons. The highest BCUT2D eigenvalue weighted by molar-refractivity contribution is 5.98. The molecule has 10 heteroatoms. The Morgan fingerprint density at radius 2 is 1.30 bits per heavy atom. The molecule has 0 aliphatic carbocycles. The van der Waals surface area contributed by atoms with Crippen molar-refractivity contribution < 1.29 is 9.59 Å². The van der Waals surface area contributed by atoms with E-state index in [9.17, 15) is 9.59 Å². The van der Waals surface area contributed by atoms with E-state index in [-0.39, 0.29) is 29.6 Å². The van der Waals surface area contributed by atoms with Gasteiger partial charge in [0.25, 0.3) is 11.8 Å². The third kappa shape index (κ3) is 4.27. The smallest absolute Gasteiger partial charge is 0.272 e. The van der Waals surface area contributed by atoms with Gasteiger partial charge in [-0.05, 0) is 27.7 Å². The maximum absolute atomic E-state index is 12.8. The van der Waals surface area contributed by atoms with Crippen molar-refractivity contribution in [3.8, 4) is 0 Å². The van der Waals surface area contributed by atoms with Gasteiger partial charge >= 0.3 is 0 Å². The van der Waals surface area contributed by atoms with Gasteiger partial charge in [0.05, 0.1) is 23.5 Å². The molecule has 10 nitrogen and oxygen atoms in total. The fraction of sp³-hybridized carbons (Fsp3) is 0.450. The van der Waals surface area contributed by atoms with Gasteiger partial charge in [0.15, 0.2) is 5.69 Å². The summed E-state index contributed by atoms with van der Waals surface area (Å²) in [7, 11) is 5.31. The second-order valence-corrected chi connectivity index (χ2v) is 7.62. The van der Waals surface area contributed by atoms with E-state index in [1.807, 2.05) is 54.2 Å². The molecule has 0 bridgehead atoms. The van der Waals surface area contributed by atoms with Crippen LogP contribution < -0.4 is 10.6 Å². The first-order valence-electron chi connectivity index (χ1n) is 9.72. The second-order valence-electron chi connectivity index (χ2n) is 7.62. The van der Waals surface area contributed by atoms with E-state index in [1.165, 1.54) is 10.7 Å². The van der Waals surface area contributed by atoms with Gasteiger partial charge in [-0.1, -0.05) is 0 Å². The zero-order valence-electron chi connectivity index (χ0n) is 18.4. The molecule has 0 spiro atoms. The van der Waals surface area contributed by atoms with Crippen LogP contribution in [0, 0.1) is 13.8 Å². The minimum absolute atomic E-state index is 0.182. The summed E-state index contributed by atoms with van der Waals surface area (Å²) >= 11 is 0. The summed E-state index contributed by atoms with van der Waals surface area (Å²) in [6.45, 7) is 7.57. The molecule has 2 atom stereocenters. The summed E-state index contributed by atoms with van der Waals surface area (Å²) < 4.78 is 4.83. The largest absolute Gasteiger partial charge is 0.344 e. The van der Waals surface area contributed by atoms with Gasteiger partial charge in [-0.2, -0.15) is 15.3 Å². The number of aryl methyl sites for hydroxylation is 5. The van der Waals surface area contributed by atoms with Crippen LogP contribution in [0.2, 0.25) is 0 Å². The van der Waals surface area contributed by atoms with Crippen molar-refractivity contribution in [3.05, 3.63) is 52.4 Å². The average molecular weight is 412 g/mol. The molecule has 0 fully saturated rings. The molecule has 0 saturated carbocycles. The van der Waals surface area contributed by atoms with Crippen molar-refractivity contribution in [1.29, 1.82) is 0 Å². The van der Waals surface area contributed by atoms with Crippen molar-refractivity contribution in [2.45, 2.75) is 39.8 Å². The van der Waals surface area contributed by atoms with E-state index >= 15 is 0 Å². The van der Waals surface area contributed by atoms with Gasteiger partial charge in [-0.15, -0.1) is 0 Å². The first-order valence-corrected chi connectivity index (χ1v) is 9.72. The van der Waals surface area contributed by atoms with Crippen LogP contribution in [0.15, 0.2) is 18.5 Å². The van der Waals surface area contributed by atoms with E-state index in [1.54, 1.807) is 16.4 Å². The Bertz CT molecular complexity index is 1090. The molecule has 3 rings (SSSR count). The molecular formula is C20H28N8O2. The van der Waals surface area contributed by atoms with Gasteiger partial charge in [0, 0.05) is 50.7 Å². The monoisotopic (exact) mass is 412 g/mol. The van der Waals surface area contributed by atoms with Crippen LogP contribution in [0.4, 0.5) is 0 Å². The Morgan fingerprint density at radius 3 is 1.73 bits per heavy atom. The molecular weight excluding hydrogens is 384 g/mol. The van der Waals surface area contributed by atoms with E-state index < -0.39 is 0 Å². The number of hydrogen-bond acceptors (Lipinski definition) is 5. The van der Waals surface area contributed by atoms with Gasteiger partial charge in [-0.25, -0.2) is 0 Å². The molecule has 0 aliphatic heterocycles. The quantitative estimate of drug-likeness (QED) is 0.637. The average Bonchev–Trinajstić information content (AvgIpc) is 3.31. The molecule has 30 heavy (non-hydrogen) atoms. The van der Waals surface area contributed by atoms with E-state index in [0.717, 1.165) is 22.5 Å². The molecule has 0 unspecified atom stereocenters. The maximum atomic E-state index is 12.8. The molecule has 0 aliphatic rings. The second kappa shape index (κ2) is 8.13. The highest BCUT2D eigenvalue weighted by Crippen LogP contribution is 2.18. The predicted octanol–water partition coefficient (Wildman–Crippen LogP) is 1.49. The summed E-state index contributed by atoms with van der Waals surface area (Å²) in [5.41, 5.74) is 4.06. The lowest BCUT2D eigenvalue weighted by atomic mass is 10.1. The molecule has 3 heterocycles. The van der Waals surface area contributed by atoms with Crippen LogP contribution >= 0.6 is 0 Å². The number of carbonyl (C=O) groups excluding carboxylic acids is 2. The molecule has 3 aromatic heterocycles. The number of nitrogens with one attached hydrogen (secondary N) is 2. The highest BCUT2D eigenvalue weighted by Gasteiger charge is 2.22. The zero-order valence-corrected chi connectivity index (χ0v) is 18.4. The SMILES string of the molecule is Cc1nn(C)cc1[C@H](C)NC(=O)c1cc(C(=O)N[C@H](C)c2cn(C)nc2C)n(C)n1. The van der Waals surface area contributed by atoms with Gasteiger partial charge < -0.3 is 10.6 Å². The number of rotatable bonds is 6. The lowest BCUT2D eigenvalue weighted by molar-refractivity contribution is 0.0924. The third-order valence-corrected chi connectivity index (χ3v) is 5.08. The molecule has 2 amide bonds. The molecule has 0 aromatic carbocycles. The number of carbonyl (C=O) groups is 2. The number of nitrogens with zero attached hydrogens (tertiary/aromatic N) is 6. The van der Waals surface area contributed by atoms with Crippen molar-refractivity contribution in [3.63, 3.8) is 0 Å². The van der Waals surface area contributed by atoms with E-state index in [2.05, 4.69) is 25.9 Å². The Labute approximate surface area is 175 Å². The summed E-state index contributed by atoms with van der Waals surface area (Å²) in [6, 6.07) is 1.03. The Hall–Kier alpha value is -3.43. The van der Waals surface area contributed by atoms with Crippen molar-refractivity contribution in [1.82, 2.24) is 40.0 Å². The lowest BCUT2D eigenvalue weighted by Crippen LogP contribution is -2.28. The number of aromatic nitrogens is 6. The highest BCUT2D eigenvalue weighted by atomic mass is 16.2. The molecule has 0 saturated heterocycles. The van der Waals surface area contributed by atoms with Crippen molar-refractivity contribution in [2.75, 3.05) is 0 Å². The topological polar surface area (TPSA) is 112 Å². The minimum Gasteiger partial charge on any atom is -0.344 e. The van der Waals surface area contributed by atoms with Gasteiger partial charge in [-0.3, -0.25) is 23.6 Å². The van der Waals surface area contributed by atoms with E-state index in [0.29, 0.717) is 5.69 Å². The zero-order chi connectivity index (χ0) is 22.2. The standard InChI is InChI=1S/C20H28N8O2/c1-11(15-9-26(5)23-13(15)3)21-19(29)17-8-18(28(7)25-17)20(30)22-12(2)16-10-27(6)24-14(16)4/h8-12H,1-7H3,(H,21,29)(H,22,30)/t11-,12+/m0/s1. The van der Waals surface area contributed by atoms with Crippen LogP contribution in [0.25, 0.3) is 0 Å². The maximum Gasteiger partial charge on any atom is 0.272 e. The molecule has 2 N–H and O–H groups in total. The van der Waals surface area contributed by atoms with Crippen LogP contribution in [0.1, 0.15) is 69.4 Å². The van der Waals surface area contributed by atoms with Crippen LogP contribution in [-0.2, 0) is 21.1 Å². The van der Waals surface area contributed by atoms with Crippen LogP contribution in [-0.4, -0.2) is 41.2 Å². The first kappa shape index (κ1) is 21.3. The Kier molecular flexibility index (Phi) is 5.77. The summed E-state index contributed by atoms with van der Waals surface area (Å²) in [4.78, 5) is 25.4. The van der Waals surface area contributed by atoms with Gasteiger partial charge in [0.2, 0.25) is 0 Å². The molecule has 3 aromatic rings. The Balaban J connectivity index is 1.71. The summed E-state index contributed by atoms with van der Waals surface area (Å²) in [5, 5.41) is 18.7. The number of amides is 2. The minimum atomic E-state index is -0.350. The predicted molar refractivity (Wildman–Crippen MR) is 111 cm³/mol. The summed E-state index contributed by atoms with van der Waals surface area (Å²) in [5.74, 6) is -0.660. The Morgan fingerprint density at radius 1 is 0.833 bits per heavy atom.